The van der Waals surface area contributed by atoms with Crippen LogP contribution in [0, 0.1) is 0 Å². The SMILES string of the molecule is CS(=O)(=O)CCC(N)c1nc(-c2cccs2)n[nH]1. The Kier molecular flexibility index (Phi) is 3.79. The summed E-state index contributed by atoms with van der Waals surface area (Å²) in [6.07, 6.45) is 1.52. The lowest BCUT2D eigenvalue weighted by Gasteiger charge is -2.06. The monoisotopic (exact) mass is 286 g/mol. The summed E-state index contributed by atoms with van der Waals surface area (Å²) in [6.45, 7) is 0. The molecule has 2 heterocycles. The first-order valence-electron chi connectivity index (χ1n) is 5.35. The minimum atomic E-state index is -3.00. The summed E-state index contributed by atoms with van der Waals surface area (Å²) >= 11 is 1.54. The molecule has 18 heavy (non-hydrogen) atoms. The second kappa shape index (κ2) is 5.17. The molecule has 0 saturated carbocycles. The zero-order chi connectivity index (χ0) is 13.2. The molecular weight excluding hydrogens is 272 g/mol. The van der Waals surface area contributed by atoms with Crippen LogP contribution >= 0.6 is 11.3 Å². The Hall–Kier alpha value is -1.25. The molecule has 0 radical (unpaired) electrons. The highest BCUT2D eigenvalue weighted by Crippen LogP contribution is 2.22. The van der Waals surface area contributed by atoms with Crippen molar-refractivity contribution in [2.75, 3.05) is 12.0 Å². The summed E-state index contributed by atoms with van der Waals surface area (Å²) in [6, 6.07) is 3.39. The number of hydrogen-bond donors (Lipinski definition) is 2. The van der Waals surface area contributed by atoms with Gasteiger partial charge in [-0.2, -0.15) is 5.10 Å². The first-order chi connectivity index (χ1) is 8.46. The van der Waals surface area contributed by atoms with Crippen LogP contribution in [0.15, 0.2) is 17.5 Å². The van der Waals surface area contributed by atoms with Crippen molar-refractivity contribution in [3.8, 4) is 10.7 Å². The van der Waals surface area contributed by atoms with E-state index in [1.807, 2.05) is 17.5 Å². The summed E-state index contributed by atoms with van der Waals surface area (Å²) in [5.41, 5.74) is 5.87. The zero-order valence-corrected chi connectivity index (χ0v) is 11.5. The van der Waals surface area contributed by atoms with Crippen molar-refractivity contribution in [2.45, 2.75) is 12.5 Å². The van der Waals surface area contributed by atoms with E-state index in [1.165, 1.54) is 17.6 Å². The van der Waals surface area contributed by atoms with E-state index in [0.29, 0.717) is 18.1 Å². The number of sulfone groups is 1. The number of nitrogens with one attached hydrogen (secondary N) is 1. The molecule has 0 spiro atoms. The van der Waals surface area contributed by atoms with E-state index in [-0.39, 0.29) is 5.75 Å². The van der Waals surface area contributed by atoms with Crippen LogP contribution in [0.4, 0.5) is 0 Å². The first-order valence-corrected chi connectivity index (χ1v) is 8.29. The fourth-order valence-corrected chi connectivity index (χ4v) is 2.77. The lowest BCUT2D eigenvalue weighted by molar-refractivity contribution is 0.587. The van der Waals surface area contributed by atoms with Gasteiger partial charge in [0, 0.05) is 6.26 Å². The Balaban J connectivity index is 2.06. The number of hydrogen-bond acceptors (Lipinski definition) is 6. The number of rotatable bonds is 5. The lowest BCUT2D eigenvalue weighted by atomic mass is 10.2. The fourth-order valence-electron chi connectivity index (χ4n) is 1.43. The molecule has 98 valence electrons. The molecule has 2 aromatic rings. The molecule has 1 unspecified atom stereocenters. The number of aromatic nitrogens is 3. The molecule has 0 aliphatic heterocycles. The quantitative estimate of drug-likeness (QED) is 0.852. The van der Waals surface area contributed by atoms with Gasteiger partial charge in [0.2, 0.25) is 0 Å². The van der Waals surface area contributed by atoms with Crippen molar-refractivity contribution in [1.82, 2.24) is 15.2 Å². The van der Waals surface area contributed by atoms with Gasteiger partial charge in [0.25, 0.3) is 0 Å². The molecule has 2 rings (SSSR count). The molecule has 6 nitrogen and oxygen atoms in total. The van der Waals surface area contributed by atoms with Gasteiger partial charge >= 0.3 is 0 Å². The van der Waals surface area contributed by atoms with Gasteiger partial charge in [-0.05, 0) is 17.9 Å². The van der Waals surface area contributed by atoms with E-state index < -0.39 is 15.9 Å². The third-order valence-corrected chi connectivity index (χ3v) is 4.24. The van der Waals surface area contributed by atoms with E-state index in [1.54, 1.807) is 0 Å². The highest BCUT2D eigenvalue weighted by Gasteiger charge is 2.15. The van der Waals surface area contributed by atoms with Crippen LogP contribution < -0.4 is 5.73 Å². The largest absolute Gasteiger partial charge is 0.321 e. The van der Waals surface area contributed by atoms with E-state index in [4.69, 9.17) is 5.73 Å². The lowest BCUT2D eigenvalue weighted by Crippen LogP contribution is -2.17. The van der Waals surface area contributed by atoms with Crippen molar-refractivity contribution in [1.29, 1.82) is 0 Å². The van der Waals surface area contributed by atoms with Gasteiger partial charge in [0.1, 0.15) is 15.7 Å². The van der Waals surface area contributed by atoms with E-state index >= 15 is 0 Å². The van der Waals surface area contributed by atoms with Crippen molar-refractivity contribution in [3.63, 3.8) is 0 Å². The van der Waals surface area contributed by atoms with E-state index in [2.05, 4.69) is 15.2 Å². The van der Waals surface area contributed by atoms with Gasteiger partial charge in [0.05, 0.1) is 16.7 Å². The molecular formula is C10H14N4O2S2. The van der Waals surface area contributed by atoms with Gasteiger partial charge < -0.3 is 5.73 Å². The Labute approximate surface area is 109 Å². The molecule has 0 aliphatic carbocycles. The summed E-state index contributed by atoms with van der Waals surface area (Å²) < 4.78 is 22.1. The highest BCUT2D eigenvalue weighted by molar-refractivity contribution is 7.90. The molecule has 0 fully saturated rings. The standard InChI is InChI=1S/C10H14N4O2S2/c1-18(15,16)6-4-7(11)9-12-10(14-13-9)8-3-2-5-17-8/h2-3,5,7H,4,6,11H2,1H3,(H,12,13,14). The third-order valence-electron chi connectivity index (χ3n) is 2.40. The Morgan fingerprint density at radius 3 is 2.94 bits per heavy atom. The van der Waals surface area contributed by atoms with Crippen molar-refractivity contribution >= 4 is 21.2 Å². The normalized spacial score (nSPS) is 13.7. The van der Waals surface area contributed by atoms with E-state index in [0.717, 1.165) is 4.88 Å². The average molecular weight is 286 g/mol. The zero-order valence-electron chi connectivity index (χ0n) is 9.83. The van der Waals surface area contributed by atoms with Crippen molar-refractivity contribution in [2.24, 2.45) is 5.73 Å². The van der Waals surface area contributed by atoms with Gasteiger partial charge in [0.15, 0.2) is 5.82 Å². The maximum absolute atomic E-state index is 11.1. The maximum atomic E-state index is 11.1. The van der Waals surface area contributed by atoms with Gasteiger partial charge in [-0.1, -0.05) is 6.07 Å². The van der Waals surface area contributed by atoms with Crippen molar-refractivity contribution in [3.05, 3.63) is 23.3 Å². The van der Waals surface area contributed by atoms with Crippen LogP contribution in [-0.2, 0) is 9.84 Å². The number of H-pyrrole nitrogens is 1. The Morgan fingerprint density at radius 1 is 1.56 bits per heavy atom. The van der Waals surface area contributed by atoms with Crippen LogP contribution in [0.5, 0.6) is 0 Å². The molecule has 0 aliphatic rings. The second-order valence-electron chi connectivity index (χ2n) is 4.05. The molecule has 0 aromatic carbocycles. The molecule has 3 N–H and O–H groups in total. The van der Waals surface area contributed by atoms with Crippen LogP contribution in [-0.4, -0.2) is 35.6 Å². The summed E-state index contributed by atoms with van der Waals surface area (Å²) in [5, 5.41) is 8.76. The smallest absolute Gasteiger partial charge is 0.191 e. The number of nitrogens with two attached hydrogens (primary N) is 1. The molecule has 2 aromatic heterocycles. The topological polar surface area (TPSA) is 102 Å². The van der Waals surface area contributed by atoms with Crippen LogP contribution in [0.25, 0.3) is 10.7 Å². The predicted molar refractivity (Wildman–Crippen MR) is 71.0 cm³/mol. The summed E-state index contributed by atoms with van der Waals surface area (Å²) in [5.74, 6) is 1.15. The molecule has 0 amide bonds. The van der Waals surface area contributed by atoms with E-state index in [9.17, 15) is 8.42 Å². The Bertz CT molecular complexity index is 604. The molecule has 1 atom stereocenters. The van der Waals surface area contributed by atoms with Crippen molar-refractivity contribution < 1.29 is 8.42 Å². The minimum Gasteiger partial charge on any atom is -0.321 e. The second-order valence-corrected chi connectivity index (χ2v) is 7.25. The van der Waals surface area contributed by atoms with Gasteiger partial charge in [-0.3, -0.25) is 5.10 Å². The maximum Gasteiger partial charge on any atom is 0.191 e. The number of thiophene rings is 1. The average Bonchev–Trinajstić information content (AvgIpc) is 2.94. The highest BCUT2D eigenvalue weighted by atomic mass is 32.2. The third kappa shape index (κ3) is 3.37. The molecule has 0 bridgehead atoms. The Morgan fingerprint density at radius 2 is 2.33 bits per heavy atom. The predicted octanol–water partition coefficient (Wildman–Crippen LogP) is 0.968. The number of aromatic amines is 1. The molecule has 0 saturated heterocycles. The molecule has 8 heteroatoms. The van der Waals surface area contributed by atoms with Gasteiger partial charge in [-0.15, -0.1) is 11.3 Å². The summed E-state index contributed by atoms with van der Waals surface area (Å²) in [7, 11) is -3.00. The van der Waals surface area contributed by atoms with Crippen LogP contribution in [0.3, 0.4) is 0 Å². The van der Waals surface area contributed by atoms with Crippen LogP contribution in [0.2, 0.25) is 0 Å². The minimum absolute atomic E-state index is 0.0448. The summed E-state index contributed by atoms with van der Waals surface area (Å²) in [4.78, 5) is 5.23. The first kappa shape index (κ1) is 13.2. The number of nitrogens with zero attached hydrogens (tertiary/aromatic N) is 2. The fraction of sp³-hybridized carbons (Fsp3) is 0.400. The van der Waals surface area contributed by atoms with Crippen LogP contribution in [0.1, 0.15) is 18.3 Å². The van der Waals surface area contributed by atoms with Gasteiger partial charge in [-0.25, -0.2) is 13.4 Å².